The van der Waals surface area contributed by atoms with Crippen LogP contribution in [0.25, 0.3) is 0 Å². The SMILES string of the molecule is CCc1ccc(S(=O)(=O)N2CCC(=O)c3cc(F)ccc32)s1. The van der Waals surface area contributed by atoms with Crippen LogP contribution >= 0.6 is 11.3 Å². The highest BCUT2D eigenvalue weighted by Crippen LogP contribution is 2.34. The van der Waals surface area contributed by atoms with Gasteiger partial charge in [-0.1, -0.05) is 6.92 Å². The van der Waals surface area contributed by atoms with Crippen molar-refractivity contribution in [2.75, 3.05) is 10.8 Å². The number of hydrogen-bond donors (Lipinski definition) is 0. The Balaban J connectivity index is 2.09. The summed E-state index contributed by atoms with van der Waals surface area (Å²) < 4.78 is 40.4. The summed E-state index contributed by atoms with van der Waals surface area (Å²) in [5.74, 6) is -0.780. The number of hydrogen-bond acceptors (Lipinski definition) is 4. The maximum absolute atomic E-state index is 13.3. The Morgan fingerprint density at radius 1 is 1.27 bits per heavy atom. The lowest BCUT2D eigenvalue weighted by Crippen LogP contribution is -2.37. The summed E-state index contributed by atoms with van der Waals surface area (Å²) >= 11 is 1.22. The van der Waals surface area contributed by atoms with Crippen molar-refractivity contribution in [2.45, 2.75) is 24.0 Å². The number of rotatable bonds is 3. The third-order valence-electron chi connectivity index (χ3n) is 3.60. The maximum Gasteiger partial charge on any atom is 0.273 e. The van der Waals surface area contributed by atoms with Gasteiger partial charge in [0, 0.05) is 23.4 Å². The third kappa shape index (κ3) is 2.44. The molecule has 0 unspecified atom stereocenters. The zero-order valence-corrected chi connectivity index (χ0v) is 13.5. The molecular weight excluding hydrogens is 325 g/mol. The van der Waals surface area contributed by atoms with Crippen LogP contribution in [0.15, 0.2) is 34.5 Å². The molecule has 0 saturated carbocycles. The second-order valence-corrected chi connectivity index (χ2v) is 8.24. The third-order valence-corrected chi connectivity index (χ3v) is 7.11. The van der Waals surface area contributed by atoms with E-state index in [0.717, 1.165) is 17.4 Å². The van der Waals surface area contributed by atoms with Crippen LogP contribution in [0, 0.1) is 5.82 Å². The highest BCUT2D eigenvalue weighted by molar-refractivity contribution is 7.94. The fourth-order valence-electron chi connectivity index (χ4n) is 2.45. The van der Waals surface area contributed by atoms with E-state index in [4.69, 9.17) is 0 Å². The van der Waals surface area contributed by atoms with Crippen molar-refractivity contribution in [3.05, 3.63) is 46.6 Å². The Morgan fingerprint density at radius 2 is 2.05 bits per heavy atom. The van der Waals surface area contributed by atoms with Gasteiger partial charge in [0.15, 0.2) is 5.78 Å². The molecule has 0 N–H and O–H groups in total. The predicted octanol–water partition coefficient (Wildman–Crippen LogP) is 3.23. The van der Waals surface area contributed by atoms with Gasteiger partial charge in [-0.15, -0.1) is 11.3 Å². The van der Waals surface area contributed by atoms with Crippen molar-refractivity contribution < 1.29 is 17.6 Å². The van der Waals surface area contributed by atoms with Crippen LogP contribution in [0.5, 0.6) is 0 Å². The number of carbonyl (C=O) groups excluding carboxylic acids is 1. The second-order valence-electron chi connectivity index (χ2n) is 4.99. The van der Waals surface area contributed by atoms with Crippen LogP contribution in [0.1, 0.15) is 28.6 Å². The van der Waals surface area contributed by atoms with E-state index in [1.165, 1.54) is 27.8 Å². The highest BCUT2D eigenvalue weighted by atomic mass is 32.2. The summed E-state index contributed by atoms with van der Waals surface area (Å²) in [5.41, 5.74) is 0.381. The first-order valence-corrected chi connectivity index (χ1v) is 9.13. The van der Waals surface area contributed by atoms with Gasteiger partial charge in [0.1, 0.15) is 10.0 Å². The van der Waals surface area contributed by atoms with Crippen LogP contribution in [-0.2, 0) is 16.4 Å². The fourth-order valence-corrected chi connectivity index (χ4v) is 5.35. The Hall–Kier alpha value is -1.73. The molecule has 1 aliphatic heterocycles. The van der Waals surface area contributed by atoms with E-state index < -0.39 is 15.8 Å². The average Bonchev–Trinajstić information content (AvgIpc) is 2.97. The van der Waals surface area contributed by atoms with E-state index in [1.807, 2.05) is 6.92 Å². The number of ketones is 1. The summed E-state index contributed by atoms with van der Waals surface area (Å²) in [5, 5.41) is 0. The normalized spacial score (nSPS) is 15.0. The molecule has 0 spiro atoms. The largest absolute Gasteiger partial charge is 0.294 e. The molecule has 2 aromatic rings. The van der Waals surface area contributed by atoms with Gasteiger partial charge < -0.3 is 0 Å². The van der Waals surface area contributed by atoms with Crippen molar-refractivity contribution in [2.24, 2.45) is 0 Å². The zero-order valence-electron chi connectivity index (χ0n) is 11.9. The molecule has 1 aliphatic rings. The molecule has 2 heterocycles. The molecule has 1 aromatic heterocycles. The monoisotopic (exact) mass is 339 g/mol. The Labute approximate surface area is 132 Å². The summed E-state index contributed by atoms with van der Waals surface area (Å²) in [7, 11) is -3.72. The van der Waals surface area contributed by atoms with E-state index in [-0.39, 0.29) is 34.2 Å². The van der Waals surface area contributed by atoms with Crippen LogP contribution < -0.4 is 4.31 Å². The lowest BCUT2D eigenvalue weighted by Gasteiger charge is -2.29. The van der Waals surface area contributed by atoms with E-state index in [2.05, 4.69) is 0 Å². The molecule has 7 heteroatoms. The van der Waals surface area contributed by atoms with Crippen molar-refractivity contribution >= 4 is 32.8 Å². The number of benzene rings is 1. The molecule has 0 aliphatic carbocycles. The van der Waals surface area contributed by atoms with Crippen LogP contribution in [0.4, 0.5) is 10.1 Å². The lowest BCUT2D eigenvalue weighted by molar-refractivity contribution is 0.0981. The second kappa shape index (κ2) is 5.48. The van der Waals surface area contributed by atoms with Gasteiger partial charge in [-0.3, -0.25) is 9.10 Å². The first-order chi connectivity index (χ1) is 10.4. The number of carbonyl (C=O) groups is 1. The molecule has 0 atom stereocenters. The first-order valence-electron chi connectivity index (χ1n) is 6.87. The number of aryl methyl sites for hydroxylation is 1. The van der Waals surface area contributed by atoms with Gasteiger partial charge in [-0.2, -0.15) is 0 Å². The van der Waals surface area contributed by atoms with Gasteiger partial charge in [0.05, 0.1) is 5.69 Å². The first kappa shape index (κ1) is 15.2. The fraction of sp³-hybridized carbons (Fsp3) is 0.267. The molecule has 0 radical (unpaired) electrons. The summed E-state index contributed by atoms with van der Waals surface area (Å²) in [6.45, 7) is 2.04. The van der Waals surface area contributed by atoms with Gasteiger partial charge in [-0.05, 0) is 36.8 Å². The number of anilines is 1. The summed E-state index contributed by atoms with van der Waals surface area (Å²) in [6, 6.07) is 7.00. The summed E-state index contributed by atoms with van der Waals surface area (Å²) in [4.78, 5) is 12.9. The molecule has 0 bridgehead atoms. The van der Waals surface area contributed by atoms with Gasteiger partial charge in [0.2, 0.25) is 0 Å². The Kier molecular flexibility index (Phi) is 3.78. The van der Waals surface area contributed by atoms with E-state index in [1.54, 1.807) is 12.1 Å². The smallest absolute Gasteiger partial charge is 0.273 e. The molecule has 4 nitrogen and oxygen atoms in total. The molecule has 0 fully saturated rings. The van der Waals surface area contributed by atoms with Crippen molar-refractivity contribution in [1.29, 1.82) is 0 Å². The van der Waals surface area contributed by atoms with E-state index >= 15 is 0 Å². The van der Waals surface area contributed by atoms with Crippen LogP contribution in [0.2, 0.25) is 0 Å². The molecule has 3 rings (SSSR count). The summed E-state index contributed by atoms with van der Waals surface area (Å²) in [6.07, 6.45) is 0.822. The minimum absolute atomic E-state index is 0.0572. The average molecular weight is 339 g/mol. The molecule has 22 heavy (non-hydrogen) atoms. The zero-order chi connectivity index (χ0) is 15.9. The number of Topliss-reactive ketones (excluding diaryl/α,β-unsaturated/α-hetero) is 1. The van der Waals surface area contributed by atoms with Gasteiger partial charge in [-0.25, -0.2) is 12.8 Å². The lowest BCUT2D eigenvalue weighted by atomic mass is 10.0. The number of halogens is 1. The van der Waals surface area contributed by atoms with Crippen molar-refractivity contribution in [3.8, 4) is 0 Å². The molecule has 1 aromatic carbocycles. The van der Waals surface area contributed by atoms with Crippen LogP contribution in [-0.4, -0.2) is 20.7 Å². The molecular formula is C15H14FNO3S2. The number of nitrogens with zero attached hydrogens (tertiary/aromatic N) is 1. The number of fused-ring (bicyclic) bond motifs is 1. The minimum Gasteiger partial charge on any atom is -0.294 e. The predicted molar refractivity (Wildman–Crippen MR) is 83.6 cm³/mol. The van der Waals surface area contributed by atoms with E-state index in [0.29, 0.717) is 0 Å². The Morgan fingerprint density at radius 3 is 2.73 bits per heavy atom. The maximum atomic E-state index is 13.3. The van der Waals surface area contributed by atoms with Crippen LogP contribution in [0.3, 0.4) is 0 Å². The standard InChI is InChI=1S/C15H14FNO3S2/c1-2-11-4-6-15(21-11)22(19,20)17-8-7-14(18)12-9-10(16)3-5-13(12)17/h3-6,9H,2,7-8H2,1H3. The van der Waals surface area contributed by atoms with Gasteiger partial charge in [0.25, 0.3) is 10.0 Å². The molecule has 0 saturated heterocycles. The Bertz CT molecular complexity index is 842. The van der Waals surface area contributed by atoms with E-state index in [9.17, 15) is 17.6 Å². The topological polar surface area (TPSA) is 54.5 Å². The molecule has 116 valence electrons. The minimum atomic E-state index is -3.72. The quantitative estimate of drug-likeness (QED) is 0.863. The van der Waals surface area contributed by atoms with Crippen molar-refractivity contribution in [3.63, 3.8) is 0 Å². The number of sulfonamides is 1. The number of thiophene rings is 1. The van der Waals surface area contributed by atoms with Gasteiger partial charge >= 0.3 is 0 Å². The molecule has 0 amide bonds. The highest BCUT2D eigenvalue weighted by Gasteiger charge is 2.33. The van der Waals surface area contributed by atoms with Crippen molar-refractivity contribution in [1.82, 2.24) is 0 Å².